The van der Waals surface area contributed by atoms with Gasteiger partial charge in [-0.15, -0.1) is 5.10 Å². The number of phenols is 1. The fourth-order valence-electron chi connectivity index (χ4n) is 2.78. The number of nitrogens with zero attached hydrogens (tertiary/aromatic N) is 3. The summed E-state index contributed by atoms with van der Waals surface area (Å²) in [6.07, 6.45) is 0. The first kappa shape index (κ1) is 17.1. The van der Waals surface area contributed by atoms with Gasteiger partial charge in [0.05, 0.1) is 5.02 Å². The Kier molecular flexibility index (Phi) is 4.29. The SMILES string of the molecule is Cc1oc2nc(-c3ccccc3Cl)nn2c1C(=O)NCc1ccccc1O. The van der Waals surface area contributed by atoms with Gasteiger partial charge in [-0.05, 0) is 25.1 Å². The topological polar surface area (TPSA) is 92.7 Å². The van der Waals surface area contributed by atoms with Crippen molar-refractivity contribution in [2.45, 2.75) is 13.5 Å². The van der Waals surface area contributed by atoms with Gasteiger partial charge in [-0.25, -0.2) is 0 Å². The van der Waals surface area contributed by atoms with Gasteiger partial charge in [0.25, 0.3) is 5.91 Å². The Balaban J connectivity index is 1.65. The van der Waals surface area contributed by atoms with E-state index in [1.807, 2.05) is 12.1 Å². The second-order valence-electron chi connectivity index (χ2n) is 5.93. The van der Waals surface area contributed by atoms with Crippen LogP contribution in [0.5, 0.6) is 5.75 Å². The van der Waals surface area contributed by atoms with E-state index in [0.29, 0.717) is 27.7 Å². The lowest BCUT2D eigenvalue weighted by Crippen LogP contribution is -2.25. The monoisotopic (exact) mass is 382 g/mol. The van der Waals surface area contributed by atoms with Crippen molar-refractivity contribution in [3.8, 4) is 17.1 Å². The van der Waals surface area contributed by atoms with E-state index >= 15 is 0 Å². The maximum absolute atomic E-state index is 12.7. The molecule has 1 amide bonds. The Morgan fingerprint density at radius 3 is 2.74 bits per heavy atom. The molecule has 0 saturated heterocycles. The van der Waals surface area contributed by atoms with Crippen LogP contribution in [0.25, 0.3) is 17.2 Å². The first-order valence-electron chi connectivity index (χ1n) is 8.20. The molecule has 2 N–H and O–H groups in total. The average Bonchev–Trinajstić information content (AvgIpc) is 3.17. The lowest BCUT2D eigenvalue weighted by atomic mass is 10.2. The highest BCUT2D eigenvalue weighted by Gasteiger charge is 2.22. The van der Waals surface area contributed by atoms with Crippen LogP contribution in [0, 0.1) is 6.92 Å². The normalized spacial score (nSPS) is 11.0. The standard InChI is InChI=1S/C19H15ClN4O3/c1-11-16(18(26)21-10-12-6-2-5-9-15(12)25)24-19(27-11)22-17(23-24)13-7-3-4-8-14(13)20/h2-9,25H,10H2,1H3,(H,21,26). The number of rotatable bonds is 4. The van der Waals surface area contributed by atoms with E-state index < -0.39 is 0 Å². The molecule has 2 heterocycles. The summed E-state index contributed by atoms with van der Waals surface area (Å²) >= 11 is 6.20. The van der Waals surface area contributed by atoms with Crippen molar-refractivity contribution >= 4 is 23.4 Å². The van der Waals surface area contributed by atoms with Gasteiger partial charge in [0.1, 0.15) is 11.5 Å². The summed E-state index contributed by atoms with van der Waals surface area (Å²) in [6.45, 7) is 1.84. The minimum atomic E-state index is -0.384. The predicted molar refractivity (Wildman–Crippen MR) is 99.7 cm³/mol. The first-order chi connectivity index (χ1) is 13.0. The molecule has 7 nitrogen and oxygen atoms in total. The molecule has 2 aromatic carbocycles. The third-order valence-electron chi connectivity index (χ3n) is 4.13. The minimum absolute atomic E-state index is 0.119. The van der Waals surface area contributed by atoms with Gasteiger partial charge < -0.3 is 14.8 Å². The summed E-state index contributed by atoms with van der Waals surface area (Å²) in [5.41, 5.74) is 1.50. The van der Waals surface area contributed by atoms with Crippen molar-refractivity contribution in [3.63, 3.8) is 0 Å². The summed E-state index contributed by atoms with van der Waals surface area (Å²) in [7, 11) is 0. The summed E-state index contributed by atoms with van der Waals surface area (Å²) in [5.74, 6) is 0.702. The average molecular weight is 383 g/mol. The number of hydrogen-bond acceptors (Lipinski definition) is 5. The largest absolute Gasteiger partial charge is 0.508 e. The number of aryl methyl sites for hydroxylation is 1. The molecule has 0 unspecified atom stereocenters. The van der Waals surface area contributed by atoms with Gasteiger partial charge in [0.15, 0.2) is 11.5 Å². The van der Waals surface area contributed by atoms with E-state index in [-0.39, 0.29) is 29.7 Å². The number of carbonyl (C=O) groups is 1. The van der Waals surface area contributed by atoms with Crippen LogP contribution >= 0.6 is 11.6 Å². The van der Waals surface area contributed by atoms with Crippen LogP contribution in [0.4, 0.5) is 0 Å². The number of nitrogens with one attached hydrogen (secondary N) is 1. The molecule has 0 aliphatic rings. The Labute approximate surface area is 159 Å². The fourth-order valence-corrected chi connectivity index (χ4v) is 3.00. The van der Waals surface area contributed by atoms with E-state index in [1.54, 1.807) is 43.3 Å². The number of halogens is 1. The maximum atomic E-state index is 12.7. The number of amides is 1. The van der Waals surface area contributed by atoms with Gasteiger partial charge in [0, 0.05) is 17.7 Å². The lowest BCUT2D eigenvalue weighted by Gasteiger charge is -2.06. The molecule has 2 aromatic heterocycles. The third-order valence-corrected chi connectivity index (χ3v) is 4.46. The number of aromatic hydroxyl groups is 1. The number of oxazole rings is 1. The fraction of sp³-hybridized carbons (Fsp3) is 0.105. The second kappa shape index (κ2) is 6.77. The molecule has 8 heteroatoms. The van der Waals surface area contributed by atoms with Crippen LogP contribution in [-0.2, 0) is 6.54 Å². The van der Waals surface area contributed by atoms with Gasteiger partial charge >= 0.3 is 5.84 Å². The van der Waals surface area contributed by atoms with Crippen molar-refractivity contribution in [1.29, 1.82) is 0 Å². The van der Waals surface area contributed by atoms with E-state index in [2.05, 4.69) is 15.4 Å². The maximum Gasteiger partial charge on any atom is 0.325 e. The number of fused-ring (bicyclic) bond motifs is 1. The molecule has 0 fully saturated rings. The summed E-state index contributed by atoms with van der Waals surface area (Å²) in [6, 6.07) is 14.0. The number of benzene rings is 2. The van der Waals surface area contributed by atoms with Gasteiger partial charge in [0.2, 0.25) is 0 Å². The summed E-state index contributed by atoms with van der Waals surface area (Å²) < 4.78 is 6.93. The van der Waals surface area contributed by atoms with E-state index in [1.165, 1.54) is 4.52 Å². The van der Waals surface area contributed by atoms with Crippen molar-refractivity contribution < 1.29 is 14.3 Å². The molecule has 0 spiro atoms. The van der Waals surface area contributed by atoms with E-state index in [0.717, 1.165) is 0 Å². The highest BCUT2D eigenvalue weighted by molar-refractivity contribution is 6.33. The Morgan fingerprint density at radius 2 is 1.96 bits per heavy atom. The Morgan fingerprint density at radius 1 is 1.22 bits per heavy atom. The number of aromatic nitrogens is 3. The minimum Gasteiger partial charge on any atom is -0.508 e. The first-order valence-corrected chi connectivity index (χ1v) is 8.58. The van der Waals surface area contributed by atoms with E-state index in [4.69, 9.17) is 16.0 Å². The molecule has 27 heavy (non-hydrogen) atoms. The smallest absolute Gasteiger partial charge is 0.325 e. The van der Waals surface area contributed by atoms with Gasteiger partial charge in [-0.1, -0.05) is 41.9 Å². The molecule has 136 valence electrons. The van der Waals surface area contributed by atoms with Crippen molar-refractivity contribution in [2.24, 2.45) is 0 Å². The van der Waals surface area contributed by atoms with Crippen LogP contribution in [0.1, 0.15) is 21.8 Å². The highest BCUT2D eigenvalue weighted by atomic mass is 35.5. The Bertz CT molecular complexity index is 1150. The molecule has 0 aliphatic carbocycles. The highest BCUT2D eigenvalue weighted by Crippen LogP contribution is 2.26. The molecule has 0 bridgehead atoms. The zero-order valence-electron chi connectivity index (χ0n) is 14.3. The van der Waals surface area contributed by atoms with Gasteiger partial charge in [-0.3, -0.25) is 4.79 Å². The van der Waals surface area contributed by atoms with Gasteiger partial charge in [-0.2, -0.15) is 9.50 Å². The van der Waals surface area contributed by atoms with Crippen LogP contribution in [-0.4, -0.2) is 25.6 Å². The molecule has 0 radical (unpaired) electrons. The predicted octanol–water partition coefficient (Wildman–Crippen LogP) is 3.59. The molecular weight excluding hydrogens is 368 g/mol. The van der Waals surface area contributed by atoms with E-state index in [9.17, 15) is 9.90 Å². The molecule has 4 rings (SSSR count). The number of para-hydroxylation sites is 1. The number of carbonyl (C=O) groups excluding carboxylic acids is 1. The molecule has 0 atom stereocenters. The number of phenolic OH excluding ortho intramolecular Hbond substituents is 1. The molecule has 4 aromatic rings. The second-order valence-corrected chi connectivity index (χ2v) is 6.34. The molecule has 0 aliphatic heterocycles. The van der Waals surface area contributed by atoms with Crippen molar-refractivity contribution in [1.82, 2.24) is 19.9 Å². The zero-order chi connectivity index (χ0) is 19.0. The zero-order valence-corrected chi connectivity index (χ0v) is 15.1. The van der Waals surface area contributed by atoms with Crippen LogP contribution in [0.15, 0.2) is 52.9 Å². The third kappa shape index (κ3) is 3.13. The summed E-state index contributed by atoms with van der Waals surface area (Å²) in [4.78, 5) is 17.0. The van der Waals surface area contributed by atoms with Crippen LogP contribution in [0.2, 0.25) is 5.02 Å². The Hall–Kier alpha value is -3.32. The number of hydrogen-bond donors (Lipinski definition) is 2. The van der Waals surface area contributed by atoms with Crippen molar-refractivity contribution in [2.75, 3.05) is 0 Å². The quantitative estimate of drug-likeness (QED) is 0.562. The van der Waals surface area contributed by atoms with Crippen LogP contribution in [0.3, 0.4) is 0 Å². The summed E-state index contributed by atoms with van der Waals surface area (Å²) in [5, 5.41) is 17.5. The van der Waals surface area contributed by atoms with Crippen molar-refractivity contribution in [3.05, 3.63) is 70.6 Å². The molecule has 0 saturated carbocycles. The molecular formula is C19H15ClN4O3. The lowest BCUT2D eigenvalue weighted by molar-refractivity contribution is 0.0942. The van der Waals surface area contributed by atoms with Crippen LogP contribution < -0.4 is 5.32 Å².